The first-order valence-corrected chi connectivity index (χ1v) is 8.73. The molecule has 0 aliphatic heterocycles. The maximum atomic E-state index is 11.9. The van der Waals surface area contributed by atoms with E-state index in [-0.39, 0.29) is 12.5 Å². The van der Waals surface area contributed by atoms with Crippen LogP contribution < -0.4 is 14.8 Å². The number of rotatable bonds is 9. The molecule has 27 heavy (non-hydrogen) atoms. The average Bonchev–Trinajstić information content (AvgIpc) is 3.51. The second kappa shape index (κ2) is 9.08. The number of carbonyl (C=O) groups is 2. The predicted octanol–water partition coefficient (Wildman–Crippen LogP) is 2.46. The number of amides is 1. The number of benzene rings is 1. The first-order valence-electron chi connectivity index (χ1n) is 8.73. The number of allylic oxidation sites excluding steroid dienone is 1. The molecule has 0 aromatic heterocycles. The van der Waals surface area contributed by atoms with E-state index in [2.05, 4.69) is 11.4 Å². The highest BCUT2D eigenvalue weighted by atomic mass is 16.6. The third-order valence-corrected chi connectivity index (χ3v) is 4.28. The summed E-state index contributed by atoms with van der Waals surface area (Å²) in [5.41, 5.74) is 0.0272. The van der Waals surface area contributed by atoms with Crippen LogP contribution in [0, 0.1) is 17.2 Å². The molecule has 0 unspecified atom stereocenters. The highest BCUT2D eigenvalue weighted by Gasteiger charge is 2.43. The fourth-order valence-electron chi connectivity index (χ4n) is 2.63. The molecule has 144 valence electrons. The summed E-state index contributed by atoms with van der Waals surface area (Å²) >= 11 is 0. The third-order valence-electron chi connectivity index (χ3n) is 4.28. The van der Waals surface area contributed by atoms with Crippen molar-refractivity contribution in [2.24, 2.45) is 5.92 Å². The van der Waals surface area contributed by atoms with Crippen LogP contribution in [0.1, 0.15) is 32.3 Å². The van der Waals surface area contributed by atoms with Gasteiger partial charge in [0.1, 0.15) is 5.54 Å². The molecule has 2 rings (SSSR count). The Morgan fingerprint density at radius 2 is 2.07 bits per heavy atom. The molecule has 1 atom stereocenters. The van der Waals surface area contributed by atoms with E-state index in [0.29, 0.717) is 11.5 Å². The van der Waals surface area contributed by atoms with Crippen LogP contribution in [0.4, 0.5) is 0 Å². The number of ether oxygens (including phenoxy) is 3. The number of nitrogens with zero attached hydrogens (tertiary/aromatic N) is 1. The maximum Gasteiger partial charge on any atom is 0.344 e. The summed E-state index contributed by atoms with van der Waals surface area (Å²) in [5, 5.41) is 11.9. The molecule has 0 heterocycles. The molecular weight excluding hydrogens is 348 g/mol. The van der Waals surface area contributed by atoms with E-state index >= 15 is 0 Å². The van der Waals surface area contributed by atoms with E-state index in [1.54, 1.807) is 19.1 Å². The Bertz CT molecular complexity index is 764. The lowest BCUT2D eigenvalue weighted by molar-refractivity contribution is -0.150. The molecule has 7 heteroatoms. The van der Waals surface area contributed by atoms with Crippen LogP contribution in [0.25, 0.3) is 6.08 Å². The van der Waals surface area contributed by atoms with Gasteiger partial charge in [0.05, 0.1) is 13.2 Å². The normalized spacial score (nSPS) is 15.5. The predicted molar refractivity (Wildman–Crippen MR) is 99.0 cm³/mol. The van der Waals surface area contributed by atoms with E-state index in [0.717, 1.165) is 18.4 Å². The first-order chi connectivity index (χ1) is 12.9. The van der Waals surface area contributed by atoms with Crippen LogP contribution in [-0.4, -0.2) is 37.7 Å². The lowest BCUT2D eigenvalue weighted by Gasteiger charge is -2.22. The van der Waals surface area contributed by atoms with Gasteiger partial charge in [-0.1, -0.05) is 18.2 Å². The molecule has 1 saturated carbocycles. The molecule has 0 saturated heterocycles. The van der Waals surface area contributed by atoms with Gasteiger partial charge in [0.15, 0.2) is 24.7 Å². The second-order valence-electron chi connectivity index (χ2n) is 6.50. The van der Waals surface area contributed by atoms with Crippen molar-refractivity contribution in [3.8, 4) is 17.6 Å². The number of hydrogen-bond acceptors (Lipinski definition) is 6. The summed E-state index contributed by atoms with van der Waals surface area (Å²) in [6.07, 6.45) is 5.63. The maximum absolute atomic E-state index is 11.9. The van der Waals surface area contributed by atoms with Crippen molar-refractivity contribution < 1.29 is 23.8 Å². The fraction of sp³-hybridized carbons (Fsp3) is 0.450. The number of methoxy groups -OCH3 is 1. The Morgan fingerprint density at radius 1 is 1.33 bits per heavy atom. The van der Waals surface area contributed by atoms with E-state index in [1.807, 2.05) is 25.1 Å². The number of esters is 1. The highest BCUT2D eigenvalue weighted by Crippen LogP contribution is 2.39. The van der Waals surface area contributed by atoms with Gasteiger partial charge in [0, 0.05) is 0 Å². The molecular formula is C20H24N2O5. The molecule has 0 bridgehead atoms. The van der Waals surface area contributed by atoms with Gasteiger partial charge >= 0.3 is 5.97 Å². The summed E-state index contributed by atoms with van der Waals surface area (Å²) in [6.45, 7) is 2.78. The minimum atomic E-state index is -0.915. The summed E-state index contributed by atoms with van der Waals surface area (Å²) in [5.74, 6) is -0.144. The minimum Gasteiger partial charge on any atom is -0.493 e. The molecule has 1 aliphatic carbocycles. The monoisotopic (exact) mass is 372 g/mol. The highest BCUT2D eigenvalue weighted by molar-refractivity contribution is 5.82. The standard InChI is InChI=1S/C20H24N2O5/c1-4-5-14-6-9-16(17(10-14)25-3)26-12-19(24)27-11-18(23)22-20(2,13-21)15-7-8-15/h4-6,9-10,15H,7-8,11-12H2,1-3H3,(H,22,23)/b5-4+/t20-/m0/s1. The third kappa shape index (κ3) is 5.74. The number of hydrogen-bond donors (Lipinski definition) is 1. The van der Waals surface area contributed by atoms with E-state index < -0.39 is 24.0 Å². The van der Waals surface area contributed by atoms with Gasteiger partial charge < -0.3 is 19.5 Å². The zero-order chi connectivity index (χ0) is 19.9. The molecule has 1 aromatic rings. The van der Waals surface area contributed by atoms with Crippen LogP contribution in [0.5, 0.6) is 11.5 Å². The topological polar surface area (TPSA) is 97.6 Å². The van der Waals surface area contributed by atoms with Gasteiger partial charge in [-0.3, -0.25) is 4.79 Å². The van der Waals surface area contributed by atoms with Crippen molar-refractivity contribution in [2.75, 3.05) is 20.3 Å². The number of nitrogens with one attached hydrogen (secondary N) is 1. The second-order valence-corrected chi connectivity index (χ2v) is 6.50. The Kier molecular flexibility index (Phi) is 6.83. The van der Waals surface area contributed by atoms with Crippen LogP contribution in [0.3, 0.4) is 0 Å². The SMILES string of the molecule is C/C=C/c1ccc(OCC(=O)OCC(=O)N[C@@](C)(C#N)C2CC2)c(OC)c1. The van der Waals surface area contributed by atoms with Crippen molar-refractivity contribution in [1.82, 2.24) is 5.32 Å². The summed E-state index contributed by atoms with van der Waals surface area (Å²) in [7, 11) is 1.51. The summed E-state index contributed by atoms with van der Waals surface area (Å²) < 4.78 is 15.6. The Hall–Kier alpha value is -3.01. The molecule has 7 nitrogen and oxygen atoms in total. The number of nitriles is 1. The van der Waals surface area contributed by atoms with Crippen molar-refractivity contribution in [3.63, 3.8) is 0 Å². The summed E-state index contributed by atoms with van der Waals surface area (Å²) in [4.78, 5) is 23.7. The lowest BCUT2D eigenvalue weighted by Crippen LogP contribution is -2.48. The zero-order valence-electron chi connectivity index (χ0n) is 15.8. The van der Waals surface area contributed by atoms with Crippen molar-refractivity contribution >= 4 is 18.0 Å². The molecule has 1 aliphatic rings. The molecule has 1 fully saturated rings. The summed E-state index contributed by atoms with van der Waals surface area (Å²) in [6, 6.07) is 7.43. The van der Waals surface area contributed by atoms with E-state index in [1.165, 1.54) is 7.11 Å². The van der Waals surface area contributed by atoms with Crippen molar-refractivity contribution in [2.45, 2.75) is 32.2 Å². The molecule has 0 spiro atoms. The molecule has 1 N–H and O–H groups in total. The van der Waals surface area contributed by atoms with Crippen LogP contribution >= 0.6 is 0 Å². The fourth-order valence-corrected chi connectivity index (χ4v) is 2.63. The quantitative estimate of drug-likeness (QED) is 0.669. The van der Waals surface area contributed by atoms with Crippen LogP contribution in [0.15, 0.2) is 24.3 Å². The Morgan fingerprint density at radius 3 is 2.67 bits per heavy atom. The van der Waals surface area contributed by atoms with Crippen LogP contribution in [0.2, 0.25) is 0 Å². The average molecular weight is 372 g/mol. The van der Waals surface area contributed by atoms with Gasteiger partial charge in [-0.15, -0.1) is 0 Å². The smallest absolute Gasteiger partial charge is 0.344 e. The van der Waals surface area contributed by atoms with Crippen molar-refractivity contribution in [3.05, 3.63) is 29.8 Å². The van der Waals surface area contributed by atoms with Crippen molar-refractivity contribution in [1.29, 1.82) is 5.26 Å². The van der Waals surface area contributed by atoms with Gasteiger partial charge in [0.25, 0.3) is 5.91 Å². The Balaban J connectivity index is 1.81. The van der Waals surface area contributed by atoms with Gasteiger partial charge in [-0.2, -0.15) is 5.26 Å². The first kappa shape index (κ1) is 20.3. The molecule has 0 radical (unpaired) electrons. The van der Waals surface area contributed by atoms with Crippen LogP contribution in [-0.2, 0) is 14.3 Å². The molecule has 1 amide bonds. The lowest BCUT2D eigenvalue weighted by atomic mass is 9.98. The Labute approximate surface area is 158 Å². The van der Waals surface area contributed by atoms with Gasteiger partial charge in [-0.25, -0.2) is 4.79 Å². The zero-order valence-corrected chi connectivity index (χ0v) is 15.8. The van der Waals surface area contributed by atoms with E-state index in [4.69, 9.17) is 14.2 Å². The largest absolute Gasteiger partial charge is 0.493 e. The number of carbonyl (C=O) groups excluding carboxylic acids is 2. The van der Waals surface area contributed by atoms with E-state index in [9.17, 15) is 14.9 Å². The van der Waals surface area contributed by atoms with Gasteiger partial charge in [-0.05, 0) is 50.3 Å². The minimum absolute atomic E-state index is 0.156. The molecule has 1 aromatic carbocycles. The van der Waals surface area contributed by atoms with Gasteiger partial charge in [0.2, 0.25) is 0 Å².